The number of ether oxygens (including phenoxy) is 1. The van der Waals surface area contributed by atoms with Gasteiger partial charge in [0.05, 0.1) is 7.11 Å². The first-order valence-corrected chi connectivity index (χ1v) is 6.20. The molecule has 3 aromatic rings. The zero-order chi connectivity index (χ0) is 13.4. The van der Waals surface area contributed by atoms with Crippen molar-refractivity contribution in [2.45, 2.75) is 0 Å². The van der Waals surface area contributed by atoms with E-state index in [0.717, 1.165) is 5.39 Å². The minimum Gasteiger partial charge on any atom is -0.497 e. The molecule has 2 heterocycles. The lowest BCUT2D eigenvalue weighted by Crippen LogP contribution is -1.98. The number of nitrogen functional groups attached to an aromatic ring is 1. The maximum absolute atomic E-state index is 11.6. The monoisotopic (exact) mass is 275 g/mol. The van der Waals surface area contributed by atoms with Crippen molar-refractivity contribution < 1.29 is 9.15 Å². The molecule has 2 N–H and O–H groups in total. The molecule has 3 rings (SSSR count). The first kappa shape index (κ1) is 11.7. The molecule has 0 amide bonds. The van der Waals surface area contributed by atoms with Gasteiger partial charge in [-0.15, -0.1) is 10.2 Å². The van der Waals surface area contributed by atoms with Crippen LogP contribution < -0.4 is 16.1 Å². The summed E-state index contributed by atoms with van der Waals surface area (Å²) < 4.78 is 10.3. The summed E-state index contributed by atoms with van der Waals surface area (Å²) in [4.78, 5) is 11.6. The quantitative estimate of drug-likeness (QED) is 0.718. The van der Waals surface area contributed by atoms with Gasteiger partial charge in [-0.05, 0) is 18.2 Å². The van der Waals surface area contributed by atoms with Crippen LogP contribution in [0.25, 0.3) is 21.5 Å². The minimum atomic E-state index is -0.443. The highest BCUT2D eigenvalue weighted by Crippen LogP contribution is 2.32. The number of nitrogens with zero attached hydrogens (tertiary/aromatic N) is 2. The Morgan fingerprint density at radius 3 is 2.84 bits per heavy atom. The molecule has 1 aromatic carbocycles. The summed E-state index contributed by atoms with van der Waals surface area (Å²) >= 11 is 1.21. The Morgan fingerprint density at radius 1 is 1.32 bits per heavy atom. The molecule has 19 heavy (non-hydrogen) atoms. The van der Waals surface area contributed by atoms with Gasteiger partial charge in [0, 0.05) is 17.0 Å². The molecule has 0 unspecified atom stereocenters. The molecule has 0 aliphatic rings. The normalized spacial score (nSPS) is 10.8. The molecule has 0 saturated carbocycles. The van der Waals surface area contributed by atoms with Gasteiger partial charge in [-0.1, -0.05) is 11.3 Å². The number of hydrogen-bond acceptors (Lipinski definition) is 7. The van der Waals surface area contributed by atoms with Crippen LogP contribution in [0.1, 0.15) is 0 Å². The number of aromatic nitrogens is 2. The molecule has 7 heteroatoms. The van der Waals surface area contributed by atoms with Gasteiger partial charge >= 0.3 is 5.63 Å². The maximum atomic E-state index is 11.6. The fourth-order valence-corrected chi connectivity index (χ4v) is 2.43. The van der Waals surface area contributed by atoms with Crippen LogP contribution in [0.5, 0.6) is 5.75 Å². The van der Waals surface area contributed by atoms with E-state index in [1.807, 2.05) is 0 Å². The first-order chi connectivity index (χ1) is 9.17. The van der Waals surface area contributed by atoms with Gasteiger partial charge in [-0.3, -0.25) is 0 Å². The highest BCUT2D eigenvalue weighted by molar-refractivity contribution is 7.18. The van der Waals surface area contributed by atoms with Crippen LogP contribution in [-0.4, -0.2) is 17.3 Å². The van der Waals surface area contributed by atoms with Gasteiger partial charge in [0.15, 0.2) is 5.01 Å². The summed E-state index contributed by atoms with van der Waals surface area (Å²) in [7, 11) is 1.57. The molecule has 0 radical (unpaired) electrons. The van der Waals surface area contributed by atoms with Crippen molar-refractivity contribution in [3.05, 3.63) is 34.7 Å². The van der Waals surface area contributed by atoms with Crippen LogP contribution in [0.2, 0.25) is 0 Å². The van der Waals surface area contributed by atoms with E-state index < -0.39 is 5.63 Å². The van der Waals surface area contributed by atoms with Crippen molar-refractivity contribution in [1.29, 1.82) is 0 Å². The maximum Gasteiger partial charge on any atom is 0.336 e. The van der Waals surface area contributed by atoms with Crippen molar-refractivity contribution in [3.8, 4) is 16.3 Å². The lowest BCUT2D eigenvalue weighted by Gasteiger charge is -2.04. The Hall–Kier alpha value is -2.41. The van der Waals surface area contributed by atoms with E-state index in [0.29, 0.717) is 27.0 Å². The summed E-state index contributed by atoms with van der Waals surface area (Å²) in [6.07, 6.45) is 0. The molecule has 0 aliphatic carbocycles. The van der Waals surface area contributed by atoms with Crippen LogP contribution in [-0.2, 0) is 0 Å². The van der Waals surface area contributed by atoms with Gasteiger partial charge in [-0.2, -0.15) is 0 Å². The van der Waals surface area contributed by atoms with Crippen LogP contribution in [0.4, 0.5) is 5.13 Å². The van der Waals surface area contributed by atoms with Crippen LogP contribution in [0.15, 0.2) is 33.5 Å². The standard InChI is InChI=1S/C12H9N3O3S/c1-17-6-2-3-9-7(4-6)8(5-10(16)18-9)11-14-15-12(13)19-11/h2-5H,1H3,(H2,13,15). The van der Waals surface area contributed by atoms with Gasteiger partial charge in [0.1, 0.15) is 11.3 Å². The summed E-state index contributed by atoms with van der Waals surface area (Å²) in [5.74, 6) is 0.667. The second-order valence-electron chi connectivity index (χ2n) is 3.79. The number of benzene rings is 1. The van der Waals surface area contributed by atoms with Crippen LogP contribution in [0.3, 0.4) is 0 Å². The smallest absolute Gasteiger partial charge is 0.336 e. The molecular formula is C12H9N3O3S. The number of methoxy groups -OCH3 is 1. The van der Waals surface area contributed by atoms with Gasteiger partial charge < -0.3 is 14.9 Å². The third kappa shape index (κ3) is 2.04. The highest BCUT2D eigenvalue weighted by atomic mass is 32.1. The Kier molecular flexibility index (Phi) is 2.68. The Labute approximate surface area is 111 Å². The van der Waals surface area contributed by atoms with E-state index in [-0.39, 0.29) is 0 Å². The van der Waals surface area contributed by atoms with Gasteiger partial charge in [0.2, 0.25) is 5.13 Å². The summed E-state index contributed by atoms with van der Waals surface area (Å²) in [6.45, 7) is 0. The molecular weight excluding hydrogens is 266 g/mol. The van der Waals surface area contributed by atoms with E-state index in [1.165, 1.54) is 17.4 Å². The van der Waals surface area contributed by atoms with Crippen molar-refractivity contribution in [2.24, 2.45) is 0 Å². The molecule has 0 atom stereocenters. The molecule has 0 saturated heterocycles. The largest absolute Gasteiger partial charge is 0.497 e. The topological polar surface area (TPSA) is 91.2 Å². The number of hydrogen-bond donors (Lipinski definition) is 1. The molecule has 96 valence electrons. The van der Waals surface area contributed by atoms with Gasteiger partial charge in [0.25, 0.3) is 0 Å². The van der Waals surface area contributed by atoms with E-state index in [1.54, 1.807) is 25.3 Å². The fraction of sp³-hybridized carbons (Fsp3) is 0.0833. The molecule has 6 nitrogen and oxygen atoms in total. The summed E-state index contributed by atoms with van der Waals surface area (Å²) in [5.41, 5.74) is 6.24. The Morgan fingerprint density at radius 2 is 2.16 bits per heavy atom. The van der Waals surface area contributed by atoms with E-state index in [2.05, 4.69) is 10.2 Å². The predicted molar refractivity (Wildman–Crippen MR) is 72.4 cm³/mol. The van der Waals surface area contributed by atoms with Crippen molar-refractivity contribution in [2.75, 3.05) is 12.8 Å². The van der Waals surface area contributed by atoms with E-state index in [4.69, 9.17) is 14.9 Å². The first-order valence-electron chi connectivity index (χ1n) is 5.38. The highest BCUT2D eigenvalue weighted by Gasteiger charge is 2.12. The molecule has 0 spiro atoms. The predicted octanol–water partition coefficient (Wildman–Crippen LogP) is 1.90. The average Bonchev–Trinajstić information content (AvgIpc) is 2.84. The molecule has 2 aromatic heterocycles. The zero-order valence-corrected chi connectivity index (χ0v) is 10.7. The number of fused-ring (bicyclic) bond motifs is 1. The Balaban J connectivity index is 2.35. The van der Waals surface area contributed by atoms with E-state index in [9.17, 15) is 4.79 Å². The fourth-order valence-electron chi connectivity index (χ4n) is 1.79. The number of anilines is 1. The Bertz CT molecular complexity index is 809. The van der Waals surface area contributed by atoms with Crippen LogP contribution >= 0.6 is 11.3 Å². The molecule has 0 fully saturated rings. The zero-order valence-electron chi connectivity index (χ0n) is 9.91. The lowest BCUT2D eigenvalue weighted by molar-refractivity contribution is 0.415. The second-order valence-corrected chi connectivity index (χ2v) is 4.80. The summed E-state index contributed by atoms with van der Waals surface area (Å²) in [6, 6.07) is 6.57. The third-order valence-electron chi connectivity index (χ3n) is 2.62. The average molecular weight is 275 g/mol. The van der Waals surface area contributed by atoms with Crippen molar-refractivity contribution in [1.82, 2.24) is 10.2 Å². The van der Waals surface area contributed by atoms with Gasteiger partial charge in [-0.25, -0.2) is 4.79 Å². The summed E-state index contributed by atoms with van der Waals surface area (Å²) in [5, 5.41) is 9.36. The minimum absolute atomic E-state index is 0.347. The van der Waals surface area contributed by atoms with Crippen molar-refractivity contribution in [3.63, 3.8) is 0 Å². The SMILES string of the molecule is COc1ccc2oc(=O)cc(-c3nnc(N)s3)c2c1. The second kappa shape index (κ2) is 4.36. The number of rotatable bonds is 2. The van der Waals surface area contributed by atoms with Crippen molar-refractivity contribution >= 4 is 27.4 Å². The van der Waals surface area contributed by atoms with E-state index >= 15 is 0 Å². The third-order valence-corrected chi connectivity index (χ3v) is 3.41. The molecule has 0 bridgehead atoms. The number of nitrogens with two attached hydrogens (primary N) is 1. The lowest BCUT2D eigenvalue weighted by atomic mass is 10.1. The van der Waals surface area contributed by atoms with Crippen LogP contribution in [0, 0.1) is 0 Å². The molecule has 0 aliphatic heterocycles.